The molecule has 0 saturated heterocycles. The minimum Gasteiger partial charge on any atom is -0.497 e. The van der Waals surface area contributed by atoms with Crippen LogP contribution in [-0.2, 0) is 4.79 Å². The van der Waals surface area contributed by atoms with E-state index in [2.05, 4.69) is 31.8 Å². The first-order valence-corrected chi connectivity index (χ1v) is 7.73. The van der Waals surface area contributed by atoms with Crippen molar-refractivity contribution >= 4 is 45.1 Å². The molecule has 1 aromatic carbocycles. The summed E-state index contributed by atoms with van der Waals surface area (Å²) in [7, 11) is 1.61. The Morgan fingerprint density at radius 1 is 1.33 bits per heavy atom. The molecule has 1 heterocycles. The summed E-state index contributed by atoms with van der Waals surface area (Å²) in [5, 5.41) is 6.90. The Morgan fingerprint density at radius 3 is 2.71 bits per heavy atom. The highest BCUT2D eigenvalue weighted by Crippen LogP contribution is 2.20. The fourth-order valence-corrected chi connectivity index (χ4v) is 2.79. The van der Waals surface area contributed by atoms with E-state index >= 15 is 0 Å². The Labute approximate surface area is 135 Å². The molecule has 0 unspecified atom stereocenters. The first-order valence-electron chi connectivity index (χ1n) is 6.12. The van der Waals surface area contributed by atoms with Gasteiger partial charge in [-0.15, -0.1) is 11.3 Å². The molecule has 0 saturated carbocycles. The van der Waals surface area contributed by atoms with Gasteiger partial charge in [0, 0.05) is 10.6 Å². The van der Waals surface area contributed by atoms with Gasteiger partial charge in [-0.25, -0.2) is 5.43 Å². The predicted molar refractivity (Wildman–Crippen MR) is 89.2 cm³/mol. The van der Waals surface area contributed by atoms with Gasteiger partial charge in [0.05, 0.1) is 23.7 Å². The smallest absolute Gasteiger partial charge is 0.259 e. The maximum atomic E-state index is 11.6. The number of halogens is 1. The number of methoxy groups -OCH3 is 1. The molecule has 0 atom stereocenters. The standard InChI is InChI=1S/C14H14BrN3O2S/c1-20-11-4-2-10(3-5-11)16-9-14(19)18-17-8-12-6-7-13(15)21-12/h2-8,16H,9H2,1H3,(H,18,19). The number of nitrogens with zero attached hydrogens (tertiary/aromatic N) is 1. The molecular formula is C14H14BrN3O2S. The number of hydrazone groups is 1. The van der Waals surface area contributed by atoms with Crippen LogP contribution >= 0.6 is 27.3 Å². The molecular weight excluding hydrogens is 354 g/mol. The first kappa shape index (κ1) is 15.5. The Bertz CT molecular complexity index is 625. The minimum atomic E-state index is -0.210. The number of benzene rings is 1. The minimum absolute atomic E-state index is 0.151. The van der Waals surface area contributed by atoms with E-state index < -0.39 is 0 Å². The predicted octanol–water partition coefficient (Wildman–Crippen LogP) is 3.08. The van der Waals surface area contributed by atoms with Crippen molar-refractivity contribution in [3.63, 3.8) is 0 Å². The molecule has 0 spiro atoms. The van der Waals surface area contributed by atoms with E-state index in [0.29, 0.717) is 0 Å². The second-order valence-electron chi connectivity index (χ2n) is 4.02. The van der Waals surface area contributed by atoms with Crippen LogP contribution in [0, 0.1) is 0 Å². The van der Waals surface area contributed by atoms with Crippen LogP contribution in [0.3, 0.4) is 0 Å². The summed E-state index contributed by atoms with van der Waals surface area (Å²) < 4.78 is 6.09. The highest BCUT2D eigenvalue weighted by atomic mass is 79.9. The number of ether oxygens (including phenoxy) is 1. The van der Waals surface area contributed by atoms with Crippen LogP contribution in [-0.4, -0.2) is 25.8 Å². The fraction of sp³-hybridized carbons (Fsp3) is 0.143. The zero-order chi connectivity index (χ0) is 15.1. The first-order chi connectivity index (χ1) is 10.2. The lowest BCUT2D eigenvalue weighted by molar-refractivity contribution is -0.119. The number of carbonyl (C=O) groups is 1. The monoisotopic (exact) mass is 367 g/mol. The highest BCUT2D eigenvalue weighted by molar-refractivity contribution is 9.11. The molecule has 2 aromatic rings. The largest absolute Gasteiger partial charge is 0.497 e. The number of rotatable bonds is 6. The Kier molecular flexibility index (Phi) is 5.77. The summed E-state index contributed by atoms with van der Waals surface area (Å²) in [6.07, 6.45) is 1.61. The van der Waals surface area contributed by atoms with Gasteiger partial charge in [-0.1, -0.05) is 0 Å². The zero-order valence-corrected chi connectivity index (χ0v) is 13.7. The van der Waals surface area contributed by atoms with Gasteiger partial charge in [0.2, 0.25) is 0 Å². The lowest BCUT2D eigenvalue weighted by Crippen LogP contribution is -2.25. The molecule has 2 N–H and O–H groups in total. The molecule has 0 aliphatic heterocycles. The van der Waals surface area contributed by atoms with E-state index in [1.165, 1.54) is 0 Å². The molecule has 0 aliphatic carbocycles. The van der Waals surface area contributed by atoms with E-state index in [1.54, 1.807) is 24.7 Å². The Balaban J connectivity index is 1.75. The van der Waals surface area contributed by atoms with E-state index in [-0.39, 0.29) is 12.5 Å². The molecule has 2 rings (SSSR count). The van der Waals surface area contributed by atoms with Crippen LogP contribution in [0.25, 0.3) is 0 Å². The molecule has 0 fully saturated rings. The summed E-state index contributed by atoms with van der Waals surface area (Å²) in [4.78, 5) is 12.6. The number of thiophene rings is 1. The Hall–Kier alpha value is -1.86. The van der Waals surface area contributed by atoms with Crippen LogP contribution in [0.1, 0.15) is 4.88 Å². The van der Waals surface area contributed by atoms with Crippen molar-refractivity contribution in [3.05, 3.63) is 45.1 Å². The summed E-state index contributed by atoms with van der Waals surface area (Å²) in [5.74, 6) is 0.564. The molecule has 5 nitrogen and oxygen atoms in total. The molecule has 0 bridgehead atoms. The van der Waals surface area contributed by atoms with Gasteiger partial charge < -0.3 is 10.1 Å². The quantitative estimate of drug-likeness (QED) is 0.609. The van der Waals surface area contributed by atoms with Gasteiger partial charge in [0.1, 0.15) is 5.75 Å². The second-order valence-corrected chi connectivity index (χ2v) is 6.51. The van der Waals surface area contributed by atoms with Gasteiger partial charge in [0.25, 0.3) is 5.91 Å². The number of carbonyl (C=O) groups excluding carboxylic acids is 1. The van der Waals surface area contributed by atoms with Gasteiger partial charge >= 0.3 is 0 Å². The van der Waals surface area contributed by atoms with E-state index in [9.17, 15) is 4.79 Å². The normalized spacial score (nSPS) is 10.6. The van der Waals surface area contributed by atoms with Crippen molar-refractivity contribution in [2.75, 3.05) is 19.0 Å². The fourth-order valence-electron chi connectivity index (χ4n) is 1.50. The molecule has 21 heavy (non-hydrogen) atoms. The van der Waals surface area contributed by atoms with Crippen LogP contribution < -0.4 is 15.5 Å². The van der Waals surface area contributed by atoms with Crippen LogP contribution in [0.4, 0.5) is 5.69 Å². The zero-order valence-electron chi connectivity index (χ0n) is 11.3. The molecule has 0 radical (unpaired) electrons. The van der Waals surface area contributed by atoms with E-state index in [1.807, 2.05) is 36.4 Å². The average molecular weight is 368 g/mol. The van der Waals surface area contributed by atoms with Crippen LogP contribution in [0.5, 0.6) is 5.75 Å². The summed E-state index contributed by atoms with van der Waals surface area (Å²) in [5.41, 5.74) is 3.31. The van der Waals surface area contributed by atoms with Crippen molar-refractivity contribution in [1.29, 1.82) is 0 Å². The maximum Gasteiger partial charge on any atom is 0.259 e. The van der Waals surface area contributed by atoms with Gasteiger partial charge in [-0.2, -0.15) is 5.10 Å². The van der Waals surface area contributed by atoms with Crippen molar-refractivity contribution in [1.82, 2.24) is 5.43 Å². The Morgan fingerprint density at radius 2 is 2.10 bits per heavy atom. The van der Waals surface area contributed by atoms with Gasteiger partial charge in [-0.3, -0.25) is 4.79 Å². The molecule has 1 amide bonds. The number of hydrogen-bond donors (Lipinski definition) is 2. The average Bonchev–Trinajstić information content (AvgIpc) is 2.91. The third-order valence-electron chi connectivity index (χ3n) is 2.52. The topological polar surface area (TPSA) is 62.7 Å². The van der Waals surface area contributed by atoms with E-state index in [4.69, 9.17) is 4.74 Å². The van der Waals surface area contributed by atoms with Crippen LogP contribution in [0.2, 0.25) is 0 Å². The highest BCUT2D eigenvalue weighted by Gasteiger charge is 2.00. The van der Waals surface area contributed by atoms with Crippen molar-refractivity contribution in [3.8, 4) is 5.75 Å². The number of hydrogen-bond acceptors (Lipinski definition) is 5. The molecule has 1 aromatic heterocycles. The maximum absolute atomic E-state index is 11.6. The summed E-state index contributed by atoms with van der Waals surface area (Å²) in [6, 6.07) is 11.2. The summed E-state index contributed by atoms with van der Waals surface area (Å²) >= 11 is 4.91. The molecule has 110 valence electrons. The summed E-state index contributed by atoms with van der Waals surface area (Å²) in [6.45, 7) is 0.151. The third kappa shape index (κ3) is 5.20. The third-order valence-corrected chi connectivity index (χ3v) is 4.08. The number of nitrogens with one attached hydrogen (secondary N) is 2. The number of anilines is 1. The SMILES string of the molecule is COc1ccc(NCC(=O)NN=Cc2ccc(Br)s2)cc1. The van der Waals surface area contributed by atoms with Crippen molar-refractivity contribution < 1.29 is 9.53 Å². The molecule has 0 aliphatic rings. The molecule has 7 heteroatoms. The van der Waals surface area contributed by atoms with E-state index in [0.717, 1.165) is 20.1 Å². The lowest BCUT2D eigenvalue weighted by atomic mass is 10.3. The van der Waals surface area contributed by atoms with Crippen molar-refractivity contribution in [2.24, 2.45) is 5.10 Å². The van der Waals surface area contributed by atoms with Crippen LogP contribution in [0.15, 0.2) is 45.3 Å². The second kappa shape index (κ2) is 7.80. The van der Waals surface area contributed by atoms with Gasteiger partial charge in [0.15, 0.2) is 0 Å². The van der Waals surface area contributed by atoms with Gasteiger partial charge in [-0.05, 0) is 52.3 Å². The lowest BCUT2D eigenvalue weighted by Gasteiger charge is -2.06. The van der Waals surface area contributed by atoms with Crippen molar-refractivity contribution in [2.45, 2.75) is 0 Å². The number of amides is 1.